The van der Waals surface area contributed by atoms with Gasteiger partial charge in [-0.15, -0.1) is 0 Å². The van der Waals surface area contributed by atoms with Gasteiger partial charge >= 0.3 is 0 Å². The van der Waals surface area contributed by atoms with E-state index >= 15 is 0 Å². The van der Waals surface area contributed by atoms with Crippen LogP contribution in [-0.4, -0.2) is 9.97 Å². The molecule has 0 unspecified atom stereocenters. The van der Waals surface area contributed by atoms with E-state index in [-0.39, 0.29) is 0 Å². The molecule has 0 aliphatic rings. The Hall–Kier alpha value is -6.25. The van der Waals surface area contributed by atoms with E-state index < -0.39 is 0 Å². The Balaban J connectivity index is 1.33. The van der Waals surface area contributed by atoms with Gasteiger partial charge in [-0.2, -0.15) is 0 Å². The minimum Gasteiger partial charge on any atom is -0.353 e. The van der Waals surface area contributed by atoms with Crippen molar-refractivity contribution in [1.29, 1.82) is 0 Å². The summed E-state index contributed by atoms with van der Waals surface area (Å²) in [7, 11) is 0. The maximum absolute atomic E-state index is 4.97. The van der Waals surface area contributed by atoms with Crippen LogP contribution in [0.25, 0.3) is 98.4 Å². The first-order valence-electron chi connectivity index (χ1n) is 16.1. The van der Waals surface area contributed by atoms with Crippen LogP contribution >= 0.6 is 0 Å². The molecule has 0 amide bonds. The molecule has 10 rings (SSSR count). The predicted octanol–water partition coefficient (Wildman–Crippen LogP) is 12.3. The average molecular weight is 597 g/mol. The van der Waals surface area contributed by atoms with Gasteiger partial charge in [0.05, 0.1) is 11.2 Å². The first-order valence-corrected chi connectivity index (χ1v) is 16.1. The summed E-state index contributed by atoms with van der Waals surface area (Å²) in [4.78, 5) is 8.65. The largest absolute Gasteiger partial charge is 0.353 e. The van der Waals surface area contributed by atoms with Gasteiger partial charge < -0.3 is 4.98 Å². The number of fused-ring (bicyclic) bond motifs is 7. The molecule has 0 aliphatic heterocycles. The minimum atomic E-state index is 0.963. The second kappa shape index (κ2) is 10.1. The number of hydrogen-bond acceptors (Lipinski definition) is 1. The molecule has 1 N–H and O–H groups in total. The summed E-state index contributed by atoms with van der Waals surface area (Å²) in [6.45, 7) is 0. The fraction of sp³-hybridized carbons (Fsp3) is 0. The van der Waals surface area contributed by atoms with Gasteiger partial charge in [0.1, 0.15) is 0 Å². The Labute approximate surface area is 271 Å². The first kappa shape index (κ1) is 26.0. The number of hydrogen-bond donors (Lipinski definition) is 1. The number of nitrogens with one attached hydrogen (secondary N) is 1. The number of H-pyrrole nitrogens is 1. The maximum atomic E-state index is 4.97. The lowest BCUT2D eigenvalue weighted by Gasteiger charge is -2.19. The topological polar surface area (TPSA) is 28.7 Å². The van der Waals surface area contributed by atoms with Crippen molar-refractivity contribution in [3.8, 4) is 33.5 Å². The Morgan fingerprint density at radius 2 is 0.894 bits per heavy atom. The van der Waals surface area contributed by atoms with E-state index in [4.69, 9.17) is 4.98 Å². The third kappa shape index (κ3) is 4.02. The summed E-state index contributed by atoms with van der Waals surface area (Å²) >= 11 is 0. The molecule has 2 heteroatoms. The van der Waals surface area contributed by atoms with E-state index in [1.54, 1.807) is 0 Å². The van der Waals surface area contributed by atoms with Gasteiger partial charge in [0.25, 0.3) is 0 Å². The third-order valence-electron chi connectivity index (χ3n) is 9.80. The van der Waals surface area contributed by atoms with Crippen LogP contribution in [0.15, 0.2) is 164 Å². The number of nitrogens with zero attached hydrogens (tertiary/aromatic N) is 1. The minimum absolute atomic E-state index is 0.963. The standard InChI is InChI=1S/C45H28N2/c1-3-11-30-25-32(19-17-28(30)9-1)42-36-14-5-6-15-37(36)43(33-20-18-29-10-2-4-12-31(29)26-33)40-27-34(21-22-38(40)42)44-45-39(23-24-46-44)35-13-7-8-16-41(35)47-45/h1-27,47H. The monoisotopic (exact) mass is 596 g/mol. The van der Waals surface area contributed by atoms with Gasteiger partial charge in [-0.05, 0) is 95.7 Å². The van der Waals surface area contributed by atoms with Crippen molar-refractivity contribution in [2.75, 3.05) is 0 Å². The lowest BCUT2D eigenvalue weighted by atomic mass is 9.84. The predicted molar refractivity (Wildman–Crippen MR) is 200 cm³/mol. The molecule has 8 aromatic carbocycles. The molecule has 10 aromatic rings. The molecule has 0 atom stereocenters. The third-order valence-corrected chi connectivity index (χ3v) is 9.80. The van der Waals surface area contributed by atoms with Crippen molar-refractivity contribution in [3.05, 3.63) is 164 Å². The van der Waals surface area contributed by atoms with Crippen molar-refractivity contribution < 1.29 is 0 Å². The second-order valence-electron chi connectivity index (χ2n) is 12.4. The van der Waals surface area contributed by atoms with Crippen molar-refractivity contribution in [3.63, 3.8) is 0 Å². The number of aromatic amines is 1. The number of benzene rings is 8. The summed E-state index contributed by atoms with van der Waals surface area (Å²) in [5, 5.41) is 12.3. The van der Waals surface area contributed by atoms with Gasteiger partial charge in [0.2, 0.25) is 0 Å². The van der Waals surface area contributed by atoms with Crippen LogP contribution < -0.4 is 0 Å². The van der Waals surface area contributed by atoms with Crippen LogP contribution in [0.5, 0.6) is 0 Å². The van der Waals surface area contributed by atoms with Crippen LogP contribution in [0.1, 0.15) is 0 Å². The number of aromatic nitrogens is 2. The Morgan fingerprint density at radius 1 is 0.362 bits per heavy atom. The highest BCUT2D eigenvalue weighted by atomic mass is 14.8. The summed E-state index contributed by atoms with van der Waals surface area (Å²) in [5.41, 5.74) is 9.19. The quantitative estimate of drug-likeness (QED) is 0.202. The highest BCUT2D eigenvalue weighted by molar-refractivity contribution is 6.23. The van der Waals surface area contributed by atoms with Gasteiger partial charge in [0.15, 0.2) is 0 Å². The summed E-state index contributed by atoms with van der Waals surface area (Å²) < 4.78 is 0. The highest BCUT2D eigenvalue weighted by Crippen LogP contribution is 2.46. The Bertz CT molecular complexity index is 2860. The van der Waals surface area contributed by atoms with Gasteiger partial charge in [-0.3, -0.25) is 4.98 Å². The van der Waals surface area contributed by atoms with Gasteiger partial charge in [-0.1, -0.05) is 127 Å². The average Bonchev–Trinajstić information content (AvgIpc) is 3.52. The Morgan fingerprint density at radius 3 is 1.57 bits per heavy atom. The van der Waals surface area contributed by atoms with E-state index in [1.807, 2.05) is 6.20 Å². The molecule has 0 spiro atoms. The molecular formula is C45H28N2. The molecule has 0 saturated carbocycles. The van der Waals surface area contributed by atoms with E-state index in [1.165, 1.54) is 76.1 Å². The van der Waals surface area contributed by atoms with Crippen molar-refractivity contribution >= 4 is 64.9 Å². The maximum Gasteiger partial charge on any atom is 0.0943 e. The second-order valence-corrected chi connectivity index (χ2v) is 12.4. The van der Waals surface area contributed by atoms with Gasteiger partial charge in [0, 0.05) is 28.0 Å². The molecule has 2 aromatic heterocycles. The lowest BCUT2D eigenvalue weighted by molar-refractivity contribution is 1.34. The zero-order valence-electron chi connectivity index (χ0n) is 25.5. The van der Waals surface area contributed by atoms with Crippen LogP contribution in [0.3, 0.4) is 0 Å². The molecular weight excluding hydrogens is 569 g/mol. The van der Waals surface area contributed by atoms with E-state index in [0.29, 0.717) is 0 Å². The SMILES string of the molecule is c1ccc2cc(-c3c4ccccc4c(-c4ccc5ccccc5c4)c4cc(-c5nccc6c5[nH]c5ccccc56)ccc34)ccc2c1. The van der Waals surface area contributed by atoms with Gasteiger partial charge in [-0.25, -0.2) is 0 Å². The molecule has 2 nitrogen and oxygen atoms in total. The van der Waals surface area contributed by atoms with E-state index in [2.05, 4.69) is 163 Å². The molecule has 0 saturated heterocycles. The zero-order chi connectivity index (χ0) is 30.9. The van der Waals surface area contributed by atoms with Crippen LogP contribution in [0.4, 0.5) is 0 Å². The lowest BCUT2D eigenvalue weighted by Crippen LogP contribution is -1.93. The molecule has 0 fully saturated rings. The highest BCUT2D eigenvalue weighted by Gasteiger charge is 2.19. The molecule has 0 bridgehead atoms. The van der Waals surface area contributed by atoms with Crippen LogP contribution in [0.2, 0.25) is 0 Å². The van der Waals surface area contributed by atoms with E-state index in [9.17, 15) is 0 Å². The summed E-state index contributed by atoms with van der Waals surface area (Å²) in [6.07, 6.45) is 1.94. The number of pyridine rings is 1. The van der Waals surface area contributed by atoms with Crippen molar-refractivity contribution in [2.24, 2.45) is 0 Å². The zero-order valence-corrected chi connectivity index (χ0v) is 25.5. The fourth-order valence-electron chi connectivity index (χ4n) is 7.63. The molecule has 0 radical (unpaired) electrons. The summed E-state index contributed by atoms with van der Waals surface area (Å²) in [6, 6.07) is 57.4. The smallest absolute Gasteiger partial charge is 0.0943 e. The fourth-order valence-corrected chi connectivity index (χ4v) is 7.63. The number of para-hydroxylation sites is 1. The number of rotatable bonds is 3. The van der Waals surface area contributed by atoms with Crippen molar-refractivity contribution in [2.45, 2.75) is 0 Å². The van der Waals surface area contributed by atoms with Crippen molar-refractivity contribution in [1.82, 2.24) is 9.97 Å². The molecule has 2 heterocycles. The molecule has 218 valence electrons. The molecule has 0 aliphatic carbocycles. The van der Waals surface area contributed by atoms with Crippen LogP contribution in [-0.2, 0) is 0 Å². The van der Waals surface area contributed by atoms with Crippen LogP contribution in [0, 0.1) is 0 Å². The Kier molecular flexibility index (Phi) is 5.61. The normalized spacial score (nSPS) is 11.8. The summed E-state index contributed by atoms with van der Waals surface area (Å²) in [5.74, 6) is 0. The molecule has 47 heavy (non-hydrogen) atoms. The first-order chi connectivity index (χ1) is 23.3. The van der Waals surface area contributed by atoms with E-state index in [0.717, 1.165) is 22.3 Å².